The highest BCUT2D eigenvalue weighted by Gasteiger charge is 2.27. The van der Waals surface area contributed by atoms with Crippen LogP contribution >= 0.6 is 0 Å². The molecule has 3 heterocycles. The third-order valence-corrected chi connectivity index (χ3v) is 7.24. The van der Waals surface area contributed by atoms with Gasteiger partial charge >= 0.3 is 5.97 Å². The summed E-state index contributed by atoms with van der Waals surface area (Å²) in [5.41, 5.74) is 5.32. The van der Waals surface area contributed by atoms with E-state index in [1.807, 2.05) is 31.5 Å². The number of fused-ring (bicyclic) bond motifs is 1. The fourth-order valence-corrected chi connectivity index (χ4v) is 4.89. The molecule has 36 heavy (non-hydrogen) atoms. The lowest BCUT2D eigenvalue weighted by atomic mass is 9.82. The molecule has 0 bridgehead atoms. The maximum absolute atomic E-state index is 12.0. The van der Waals surface area contributed by atoms with Crippen molar-refractivity contribution in [1.29, 1.82) is 0 Å². The Labute approximate surface area is 213 Å². The first kappa shape index (κ1) is 25.8. The van der Waals surface area contributed by atoms with Gasteiger partial charge in [-0.05, 0) is 67.9 Å². The van der Waals surface area contributed by atoms with E-state index in [2.05, 4.69) is 52.2 Å². The molecular weight excluding hydrogens is 454 g/mol. The Kier molecular flexibility index (Phi) is 8.36. The summed E-state index contributed by atoms with van der Waals surface area (Å²) in [5.74, 6) is -0.536. The van der Waals surface area contributed by atoms with Crippen molar-refractivity contribution in [1.82, 2.24) is 24.9 Å². The highest BCUT2D eigenvalue weighted by molar-refractivity contribution is 5.71. The van der Waals surface area contributed by atoms with E-state index >= 15 is 0 Å². The van der Waals surface area contributed by atoms with Crippen LogP contribution in [0.1, 0.15) is 67.6 Å². The number of pyridine rings is 1. The van der Waals surface area contributed by atoms with E-state index in [0.29, 0.717) is 12.8 Å². The second-order valence-electron chi connectivity index (χ2n) is 9.79. The molecule has 3 atom stereocenters. The van der Waals surface area contributed by atoms with Crippen LogP contribution in [-0.2, 0) is 30.8 Å². The van der Waals surface area contributed by atoms with Crippen molar-refractivity contribution in [2.24, 2.45) is 5.92 Å². The zero-order valence-electron chi connectivity index (χ0n) is 21.7. The van der Waals surface area contributed by atoms with E-state index in [4.69, 9.17) is 4.74 Å². The molecule has 1 aliphatic heterocycles. The molecule has 0 spiro atoms. The average molecular weight is 492 g/mol. The normalized spacial score (nSPS) is 17.6. The first-order valence-electron chi connectivity index (χ1n) is 12.9. The molecule has 8 nitrogen and oxygen atoms in total. The van der Waals surface area contributed by atoms with Crippen molar-refractivity contribution in [3.8, 4) is 5.75 Å². The molecule has 1 N–H and O–H groups in total. The summed E-state index contributed by atoms with van der Waals surface area (Å²) in [5, 5.41) is 18.2. The van der Waals surface area contributed by atoms with Gasteiger partial charge in [0.1, 0.15) is 11.9 Å². The maximum atomic E-state index is 12.0. The van der Waals surface area contributed by atoms with E-state index < -0.39 is 11.9 Å². The smallest absolute Gasteiger partial charge is 0.306 e. The third-order valence-electron chi connectivity index (χ3n) is 7.24. The molecule has 2 aromatic heterocycles. The molecule has 1 aromatic carbocycles. The molecule has 0 saturated carbocycles. The molecular formula is C28H37N5O3. The summed E-state index contributed by atoms with van der Waals surface area (Å²) in [6, 6.07) is 10.3. The van der Waals surface area contributed by atoms with Crippen LogP contribution in [0.4, 0.5) is 0 Å². The molecule has 4 rings (SSSR count). The molecule has 0 fully saturated rings. The van der Waals surface area contributed by atoms with Gasteiger partial charge in [0.15, 0.2) is 0 Å². The lowest BCUT2D eigenvalue weighted by molar-refractivity contribution is -0.142. The van der Waals surface area contributed by atoms with Gasteiger partial charge in [-0.25, -0.2) is 0 Å². The van der Waals surface area contributed by atoms with Gasteiger partial charge in [0, 0.05) is 38.6 Å². The number of carbonyl (C=O) groups is 1. The number of hydrogen-bond donors (Lipinski definition) is 1. The second-order valence-corrected chi connectivity index (χ2v) is 9.79. The molecule has 0 saturated heterocycles. The van der Waals surface area contributed by atoms with Crippen LogP contribution in [0.2, 0.25) is 0 Å². The van der Waals surface area contributed by atoms with Gasteiger partial charge in [0.25, 0.3) is 0 Å². The first-order chi connectivity index (χ1) is 17.4. The van der Waals surface area contributed by atoms with Crippen LogP contribution in [0, 0.1) is 12.8 Å². The fourth-order valence-electron chi connectivity index (χ4n) is 4.89. The molecule has 0 amide bonds. The number of carboxylic acid groups (broad SMARTS) is 1. The Morgan fingerprint density at radius 3 is 2.83 bits per heavy atom. The predicted octanol–water partition coefficient (Wildman–Crippen LogP) is 4.61. The minimum atomic E-state index is -0.780. The summed E-state index contributed by atoms with van der Waals surface area (Å²) in [7, 11) is 0. The van der Waals surface area contributed by atoms with Crippen molar-refractivity contribution in [3.63, 3.8) is 0 Å². The van der Waals surface area contributed by atoms with Gasteiger partial charge in [0.05, 0.1) is 17.3 Å². The number of carboxylic acids is 1. The van der Waals surface area contributed by atoms with Gasteiger partial charge in [-0.1, -0.05) is 37.3 Å². The van der Waals surface area contributed by atoms with E-state index in [1.165, 1.54) is 11.1 Å². The van der Waals surface area contributed by atoms with Crippen LogP contribution in [0.3, 0.4) is 0 Å². The highest BCUT2D eigenvalue weighted by atomic mass is 16.5. The fraction of sp³-hybridized carbons (Fsp3) is 0.500. The number of rotatable bonds is 10. The molecule has 0 radical (unpaired) electrons. The Morgan fingerprint density at radius 1 is 1.28 bits per heavy atom. The van der Waals surface area contributed by atoms with Crippen molar-refractivity contribution in [3.05, 3.63) is 70.8 Å². The quantitative estimate of drug-likeness (QED) is 0.443. The molecule has 3 unspecified atom stereocenters. The van der Waals surface area contributed by atoms with E-state index in [1.54, 1.807) is 11.6 Å². The summed E-state index contributed by atoms with van der Waals surface area (Å²) < 4.78 is 8.03. The number of hydrogen-bond acceptors (Lipinski definition) is 6. The van der Waals surface area contributed by atoms with Crippen molar-refractivity contribution in [2.45, 2.75) is 78.6 Å². The lowest BCUT2D eigenvalue weighted by Crippen LogP contribution is -2.32. The van der Waals surface area contributed by atoms with Crippen LogP contribution in [0.15, 0.2) is 42.7 Å². The topological polar surface area (TPSA) is 93.4 Å². The minimum Gasteiger partial charge on any atom is -0.487 e. The summed E-state index contributed by atoms with van der Waals surface area (Å²) in [6.45, 7) is 11.2. The van der Waals surface area contributed by atoms with Crippen molar-refractivity contribution < 1.29 is 14.6 Å². The second kappa shape index (κ2) is 11.6. The van der Waals surface area contributed by atoms with Crippen LogP contribution in [0.25, 0.3) is 0 Å². The van der Waals surface area contributed by atoms with Crippen LogP contribution in [0.5, 0.6) is 5.75 Å². The minimum absolute atomic E-state index is 0.107. The number of aliphatic carboxylic acids is 1. The summed E-state index contributed by atoms with van der Waals surface area (Å²) in [6.07, 6.45) is 6.18. The first-order valence-corrected chi connectivity index (χ1v) is 12.9. The maximum Gasteiger partial charge on any atom is 0.306 e. The molecule has 1 aliphatic rings. The lowest BCUT2D eigenvalue weighted by Gasteiger charge is -2.26. The highest BCUT2D eigenvalue weighted by Crippen LogP contribution is 2.32. The van der Waals surface area contributed by atoms with Crippen molar-refractivity contribution in [2.75, 3.05) is 6.54 Å². The van der Waals surface area contributed by atoms with Crippen LogP contribution in [-0.4, -0.2) is 48.6 Å². The Morgan fingerprint density at radius 2 is 2.11 bits per heavy atom. The number of ether oxygens (including phenoxy) is 1. The van der Waals surface area contributed by atoms with Crippen molar-refractivity contribution >= 4 is 5.97 Å². The van der Waals surface area contributed by atoms with Gasteiger partial charge in [-0.15, -0.1) is 5.10 Å². The number of nitrogens with zero attached hydrogens (tertiary/aromatic N) is 5. The summed E-state index contributed by atoms with van der Waals surface area (Å²) >= 11 is 0. The van der Waals surface area contributed by atoms with E-state index in [-0.39, 0.29) is 12.0 Å². The van der Waals surface area contributed by atoms with E-state index in [0.717, 1.165) is 55.3 Å². The monoisotopic (exact) mass is 491 g/mol. The number of aryl methyl sites for hydroxylation is 3. The zero-order valence-corrected chi connectivity index (χ0v) is 21.7. The van der Waals surface area contributed by atoms with Gasteiger partial charge < -0.3 is 9.84 Å². The summed E-state index contributed by atoms with van der Waals surface area (Å²) in [4.78, 5) is 19.0. The van der Waals surface area contributed by atoms with Gasteiger partial charge in [-0.2, -0.15) is 0 Å². The van der Waals surface area contributed by atoms with Gasteiger partial charge in [0.2, 0.25) is 0 Å². The Balaban J connectivity index is 1.56. The van der Waals surface area contributed by atoms with Crippen LogP contribution < -0.4 is 4.74 Å². The average Bonchev–Trinajstić information content (AvgIpc) is 3.26. The third kappa shape index (κ3) is 6.10. The molecule has 0 aliphatic carbocycles. The molecule has 192 valence electrons. The standard InChI is InChI=1S/C28H37N5O3/c1-5-24-17-32(18-26-27(36-24)8-7-13-29-26)15-22-14-21(10-9-19(22)3)25(20(4)28(34)35)12-11-23-16-33(6-2)31-30-23/h7-10,13-14,16,20,24-25H,5-6,11-12,15,17-18H2,1-4H3,(H,34,35). The SMILES string of the molecule is CCC1CN(Cc2cc(C(CCc3cn(CC)nn3)C(C)C(=O)O)ccc2C)Cc2ncccc2O1. The molecule has 3 aromatic rings. The predicted molar refractivity (Wildman–Crippen MR) is 138 cm³/mol. The Hall–Kier alpha value is -3.26. The number of benzene rings is 1. The largest absolute Gasteiger partial charge is 0.487 e. The zero-order chi connectivity index (χ0) is 25.7. The Bertz CT molecular complexity index is 1180. The van der Waals surface area contributed by atoms with E-state index in [9.17, 15) is 9.90 Å². The van der Waals surface area contributed by atoms with Gasteiger partial charge in [-0.3, -0.25) is 19.4 Å². The molecule has 8 heteroatoms. The number of aromatic nitrogens is 4.